The van der Waals surface area contributed by atoms with Crippen molar-refractivity contribution in [2.75, 3.05) is 4.90 Å². The number of carbonyl (C=O) groups is 1. The standard InChI is InChI=1S/C23H18N2O2/c1-16-6-12-19(13-7-16)23(27)20-4-2-3-5-21(20)25(22(23)26)15-18-10-8-17(14-24)9-11-18/h2-13,27H,15H2,1H3/t23-/m0/s1. The average molecular weight is 354 g/mol. The molecule has 0 aliphatic carbocycles. The minimum atomic E-state index is -1.70. The van der Waals surface area contributed by atoms with Gasteiger partial charge in [0.15, 0.2) is 5.60 Å². The Morgan fingerprint density at radius 1 is 1.00 bits per heavy atom. The number of para-hydroxylation sites is 1. The number of aryl methyl sites for hydroxylation is 1. The zero-order valence-electron chi connectivity index (χ0n) is 14.9. The van der Waals surface area contributed by atoms with E-state index in [1.807, 2.05) is 49.4 Å². The summed E-state index contributed by atoms with van der Waals surface area (Å²) in [4.78, 5) is 14.9. The molecule has 0 saturated carbocycles. The van der Waals surface area contributed by atoms with Crippen LogP contribution < -0.4 is 4.90 Å². The smallest absolute Gasteiger partial charge is 0.268 e. The zero-order chi connectivity index (χ0) is 19.0. The van der Waals surface area contributed by atoms with E-state index in [1.54, 1.807) is 35.2 Å². The number of benzene rings is 3. The first-order valence-electron chi connectivity index (χ1n) is 8.74. The van der Waals surface area contributed by atoms with E-state index < -0.39 is 5.60 Å². The quantitative estimate of drug-likeness (QED) is 0.781. The molecule has 1 aliphatic rings. The van der Waals surface area contributed by atoms with E-state index in [0.717, 1.165) is 11.1 Å². The molecule has 4 rings (SSSR count). The average Bonchev–Trinajstić information content (AvgIpc) is 2.92. The van der Waals surface area contributed by atoms with Crippen molar-refractivity contribution in [3.05, 3.63) is 101 Å². The summed E-state index contributed by atoms with van der Waals surface area (Å²) in [6.45, 7) is 2.30. The first kappa shape index (κ1) is 17.0. The molecule has 0 radical (unpaired) electrons. The fraction of sp³-hybridized carbons (Fsp3) is 0.130. The largest absolute Gasteiger partial charge is 0.372 e. The molecular formula is C23H18N2O2. The van der Waals surface area contributed by atoms with Crippen LogP contribution >= 0.6 is 0 Å². The van der Waals surface area contributed by atoms with Crippen molar-refractivity contribution >= 4 is 11.6 Å². The van der Waals surface area contributed by atoms with Gasteiger partial charge in [-0.2, -0.15) is 5.26 Å². The van der Waals surface area contributed by atoms with Crippen LogP contribution in [0, 0.1) is 18.3 Å². The van der Waals surface area contributed by atoms with Crippen molar-refractivity contribution in [1.82, 2.24) is 0 Å². The van der Waals surface area contributed by atoms with Gasteiger partial charge in [0.05, 0.1) is 23.9 Å². The number of fused-ring (bicyclic) bond motifs is 1. The number of rotatable bonds is 3. The molecule has 0 unspecified atom stereocenters. The lowest BCUT2D eigenvalue weighted by Crippen LogP contribution is -2.40. The van der Waals surface area contributed by atoms with Crippen LogP contribution in [0.5, 0.6) is 0 Å². The highest BCUT2D eigenvalue weighted by Gasteiger charge is 2.50. The van der Waals surface area contributed by atoms with Gasteiger partial charge in [-0.3, -0.25) is 4.79 Å². The number of carbonyl (C=O) groups excluding carboxylic acids is 1. The lowest BCUT2D eigenvalue weighted by Gasteiger charge is -2.24. The van der Waals surface area contributed by atoms with Crippen LogP contribution in [0.2, 0.25) is 0 Å². The van der Waals surface area contributed by atoms with Crippen molar-refractivity contribution in [2.24, 2.45) is 0 Å². The Kier molecular flexibility index (Phi) is 4.02. The van der Waals surface area contributed by atoms with E-state index in [4.69, 9.17) is 5.26 Å². The molecule has 132 valence electrons. The van der Waals surface area contributed by atoms with Gasteiger partial charge in [0, 0.05) is 5.56 Å². The summed E-state index contributed by atoms with van der Waals surface area (Å²) in [5.41, 5.74) is 2.69. The molecule has 4 nitrogen and oxygen atoms in total. The molecule has 0 bridgehead atoms. The lowest BCUT2D eigenvalue weighted by molar-refractivity contribution is -0.132. The topological polar surface area (TPSA) is 64.3 Å². The van der Waals surface area contributed by atoms with Gasteiger partial charge in [-0.25, -0.2) is 0 Å². The minimum Gasteiger partial charge on any atom is -0.372 e. The van der Waals surface area contributed by atoms with Crippen LogP contribution in [-0.4, -0.2) is 11.0 Å². The third kappa shape index (κ3) is 2.69. The van der Waals surface area contributed by atoms with E-state index >= 15 is 0 Å². The Hall–Kier alpha value is -3.42. The van der Waals surface area contributed by atoms with Gasteiger partial charge < -0.3 is 10.0 Å². The third-order valence-electron chi connectivity index (χ3n) is 5.03. The summed E-state index contributed by atoms with van der Waals surface area (Å²) in [6.07, 6.45) is 0. The Morgan fingerprint density at radius 3 is 2.33 bits per heavy atom. The highest BCUT2D eigenvalue weighted by Crippen LogP contribution is 2.44. The van der Waals surface area contributed by atoms with E-state index in [2.05, 4.69) is 6.07 Å². The van der Waals surface area contributed by atoms with Crippen LogP contribution in [-0.2, 0) is 16.9 Å². The molecule has 0 fully saturated rings. The molecule has 1 heterocycles. The summed E-state index contributed by atoms with van der Waals surface area (Å²) in [5.74, 6) is -0.364. The third-order valence-corrected chi connectivity index (χ3v) is 5.03. The SMILES string of the molecule is Cc1ccc([C@@]2(O)C(=O)N(Cc3ccc(C#N)cc3)c3ccccc32)cc1. The predicted octanol–water partition coefficient (Wildman–Crippen LogP) is 3.65. The number of anilines is 1. The Labute approximate surface area is 157 Å². The van der Waals surface area contributed by atoms with Gasteiger partial charge in [-0.15, -0.1) is 0 Å². The first-order chi connectivity index (χ1) is 13.0. The molecule has 4 heteroatoms. The Morgan fingerprint density at radius 2 is 1.67 bits per heavy atom. The van der Waals surface area contributed by atoms with Gasteiger partial charge in [0.2, 0.25) is 0 Å². The summed E-state index contributed by atoms with van der Waals surface area (Å²) < 4.78 is 0. The number of hydrogen-bond donors (Lipinski definition) is 1. The molecule has 0 aromatic heterocycles. The van der Waals surface area contributed by atoms with Crippen LogP contribution in [0.25, 0.3) is 0 Å². The van der Waals surface area contributed by atoms with Gasteiger partial charge in [0.25, 0.3) is 5.91 Å². The summed E-state index contributed by atoms with van der Waals surface area (Å²) >= 11 is 0. The molecule has 1 atom stereocenters. The highest BCUT2D eigenvalue weighted by atomic mass is 16.3. The molecular weight excluding hydrogens is 336 g/mol. The van der Waals surface area contributed by atoms with Crippen LogP contribution in [0.4, 0.5) is 5.69 Å². The van der Waals surface area contributed by atoms with Crippen molar-refractivity contribution in [1.29, 1.82) is 5.26 Å². The van der Waals surface area contributed by atoms with E-state index in [0.29, 0.717) is 28.9 Å². The molecule has 1 amide bonds. The van der Waals surface area contributed by atoms with E-state index in [1.165, 1.54) is 0 Å². The van der Waals surface area contributed by atoms with E-state index in [9.17, 15) is 9.90 Å². The first-order valence-corrected chi connectivity index (χ1v) is 8.74. The van der Waals surface area contributed by atoms with Gasteiger partial charge in [-0.1, -0.05) is 60.2 Å². The minimum absolute atomic E-state index is 0.329. The summed E-state index contributed by atoms with van der Waals surface area (Å²) in [7, 11) is 0. The number of aliphatic hydroxyl groups is 1. The van der Waals surface area contributed by atoms with Gasteiger partial charge in [-0.05, 0) is 36.2 Å². The lowest BCUT2D eigenvalue weighted by atomic mass is 9.87. The fourth-order valence-corrected chi connectivity index (χ4v) is 3.53. The number of hydrogen-bond acceptors (Lipinski definition) is 3. The second-order valence-corrected chi connectivity index (χ2v) is 6.79. The highest BCUT2D eigenvalue weighted by molar-refractivity contribution is 6.09. The Balaban J connectivity index is 1.77. The molecule has 3 aromatic carbocycles. The number of amides is 1. The predicted molar refractivity (Wildman–Crippen MR) is 103 cm³/mol. The zero-order valence-corrected chi connectivity index (χ0v) is 14.9. The van der Waals surface area contributed by atoms with Crippen molar-refractivity contribution in [3.8, 4) is 6.07 Å². The summed E-state index contributed by atoms with van der Waals surface area (Å²) in [6, 6.07) is 23.9. The normalized spacial score (nSPS) is 18.3. The maximum Gasteiger partial charge on any atom is 0.268 e. The van der Waals surface area contributed by atoms with E-state index in [-0.39, 0.29) is 5.91 Å². The fourth-order valence-electron chi connectivity index (χ4n) is 3.53. The van der Waals surface area contributed by atoms with Gasteiger partial charge >= 0.3 is 0 Å². The monoisotopic (exact) mass is 354 g/mol. The van der Waals surface area contributed by atoms with Crippen LogP contribution in [0.3, 0.4) is 0 Å². The second kappa shape index (κ2) is 6.39. The maximum atomic E-state index is 13.3. The van der Waals surface area contributed by atoms with Crippen molar-refractivity contribution in [2.45, 2.75) is 19.1 Å². The molecule has 0 spiro atoms. The second-order valence-electron chi connectivity index (χ2n) is 6.79. The molecule has 1 aliphatic heterocycles. The van der Waals surface area contributed by atoms with Crippen molar-refractivity contribution < 1.29 is 9.90 Å². The molecule has 0 saturated heterocycles. The molecule has 27 heavy (non-hydrogen) atoms. The maximum absolute atomic E-state index is 13.3. The van der Waals surface area contributed by atoms with Crippen molar-refractivity contribution in [3.63, 3.8) is 0 Å². The van der Waals surface area contributed by atoms with Gasteiger partial charge in [0.1, 0.15) is 0 Å². The number of nitriles is 1. The van der Waals surface area contributed by atoms with Crippen LogP contribution in [0.15, 0.2) is 72.8 Å². The molecule has 3 aromatic rings. The Bertz CT molecular complexity index is 1050. The van der Waals surface area contributed by atoms with Crippen LogP contribution in [0.1, 0.15) is 27.8 Å². The number of nitrogens with zero attached hydrogens (tertiary/aromatic N) is 2. The summed E-state index contributed by atoms with van der Waals surface area (Å²) in [5, 5.41) is 20.4. The molecule has 1 N–H and O–H groups in total.